The van der Waals surface area contributed by atoms with Gasteiger partial charge in [0.2, 0.25) is 0 Å². The second-order valence-electron chi connectivity index (χ2n) is 7.85. The number of nitrogens with one attached hydrogen (secondary N) is 2. The zero-order chi connectivity index (χ0) is 26.5. The van der Waals surface area contributed by atoms with Gasteiger partial charge in [0.15, 0.2) is 18.1 Å². The lowest BCUT2D eigenvalue weighted by Crippen LogP contribution is -2.30. The van der Waals surface area contributed by atoms with Crippen LogP contribution in [0.1, 0.15) is 11.1 Å². The number of methoxy groups -OCH3 is 1. The normalized spacial score (nSPS) is 14.1. The average Bonchev–Trinajstić information content (AvgIpc) is 3.13. The Kier molecular flexibility index (Phi) is 7.83. The number of carbonyl (C=O) groups excluding carboxylic acids is 3. The van der Waals surface area contributed by atoms with E-state index in [0.29, 0.717) is 15.7 Å². The Morgan fingerprint density at radius 1 is 1.11 bits per heavy atom. The number of nitrogens with zero attached hydrogens (tertiary/aromatic N) is 1. The number of hydrogen-bond acceptors (Lipinski definition) is 5. The van der Waals surface area contributed by atoms with Crippen molar-refractivity contribution in [3.05, 3.63) is 93.6 Å². The first-order chi connectivity index (χ1) is 17.7. The van der Waals surface area contributed by atoms with Crippen molar-refractivity contribution in [2.24, 2.45) is 0 Å². The lowest BCUT2D eigenvalue weighted by atomic mass is 10.1. The van der Waals surface area contributed by atoms with E-state index >= 15 is 0 Å². The summed E-state index contributed by atoms with van der Waals surface area (Å²) >= 11 is 3.37. The average molecular weight is 572 g/mol. The van der Waals surface area contributed by atoms with Gasteiger partial charge in [0, 0.05) is 11.3 Å². The van der Waals surface area contributed by atoms with Gasteiger partial charge in [-0.15, -0.1) is 0 Å². The molecular formula is C26H20BrF2N3O5. The summed E-state index contributed by atoms with van der Waals surface area (Å²) in [5.41, 5.74) is 1.11. The van der Waals surface area contributed by atoms with E-state index in [2.05, 4.69) is 26.6 Å². The second-order valence-corrected chi connectivity index (χ2v) is 8.70. The molecule has 3 aromatic rings. The molecule has 1 aliphatic rings. The first-order valence-corrected chi connectivity index (χ1v) is 11.7. The first-order valence-electron chi connectivity index (χ1n) is 10.9. The summed E-state index contributed by atoms with van der Waals surface area (Å²) in [6.45, 7) is -0.569. The lowest BCUT2D eigenvalue weighted by molar-refractivity contribution is -0.123. The van der Waals surface area contributed by atoms with Crippen LogP contribution in [0.25, 0.3) is 6.08 Å². The van der Waals surface area contributed by atoms with Crippen LogP contribution in [0, 0.1) is 11.6 Å². The van der Waals surface area contributed by atoms with Crippen molar-refractivity contribution in [2.75, 3.05) is 19.0 Å². The highest BCUT2D eigenvalue weighted by Gasteiger charge is 2.34. The number of benzene rings is 3. The quantitative estimate of drug-likeness (QED) is 0.298. The van der Waals surface area contributed by atoms with Crippen LogP contribution in [0.4, 0.5) is 19.3 Å². The van der Waals surface area contributed by atoms with Gasteiger partial charge in [-0.2, -0.15) is 0 Å². The highest BCUT2D eigenvalue weighted by Crippen LogP contribution is 2.37. The van der Waals surface area contributed by atoms with Gasteiger partial charge < -0.3 is 20.1 Å². The van der Waals surface area contributed by atoms with Crippen molar-refractivity contribution < 1.29 is 32.6 Å². The molecule has 1 heterocycles. The maximum atomic E-state index is 14.0. The van der Waals surface area contributed by atoms with Crippen molar-refractivity contribution in [1.29, 1.82) is 0 Å². The molecule has 0 atom stereocenters. The molecule has 0 radical (unpaired) electrons. The summed E-state index contributed by atoms with van der Waals surface area (Å²) in [5, 5.41) is 5.08. The number of anilines is 1. The summed E-state index contributed by atoms with van der Waals surface area (Å²) in [6, 6.07) is 13.7. The molecule has 4 amide bonds. The van der Waals surface area contributed by atoms with Gasteiger partial charge in [-0.25, -0.2) is 13.6 Å². The topological polar surface area (TPSA) is 97.0 Å². The number of rotatable bonds is 8. The van der Waals surface area contributed by atoms with E-state index in [1.807, 2.05) is 0 Å². The molecule has 3 aromatic carbocycles. The molecular weight excluding hydrogens is 552 g/mol. The molecule has 11 heteroatoms. The van der Waals surface area contributed by atoms with Crippen LogP contribution in [-0.4, -0.2) is 36.5 Å². The molecule has 0 aromatic heterocycles. The Bertz CT molecular complexity index is 1400. The largest absolute Gasteiger partial charge is 0.493 e. The van der Waals surface area contributed by atoms with Crippen molar-refractivity contribution in [2.45, 2.75) is 6.54 Å². The van der Waals surface area contributed by atoms with Gasteiger partial charge >= 0.3 is 6.03 Å². The van der Waals surface area contributed by atoms with Crippen molar-refractivity contribution in [1.82, 2.24) is 10.2 Å². The minimum atomic E-state index is -0.669. The number of imide groups is 1. The number of amides is 4. The molecule has 0 spiro atoms. The maximum absolute atomic E-state index is 14.0. The molecule has 37 heavy (non-hydrogen) atoms. The smallest absolute Gasteiger partial charge is 0.329 e. The Morgan fingerprint density at radius 3 is 2.54 bits per heavy atom. The summed E-state index contributed by atoms with van der Waals surface area (Å²) in [7, 11) is 1.41. The van der Waals surface area contributed by atoms with Crippen LogP contribution >= 0.6 is 15.9 Å². The molecule has 1 saturated heterocycles. The van der Waals surface area contributed by atoms with E-state index in [-0.39, 0.29) is 35.9 Å². The fraction of sp³-hybridized carbons (Fsp3) is 0.115. The van der Waals surface area contributed by atoms with Crippen LogP contribution in [0.3, 0.4) is 0 Å². The molecule has 0 unspecified atom stereocenters. The van der Waals surface area contributed by atoms with Crippen molar-refractivity contribution in [3.63, 3.8) is 0 Å². The van der Waals surface area contributed by atoms with Gasteiger partial charge in [-0.1, -0.05) is 18.2 Å². The fourth-order valence-electron chi connectivity index (χ4n) is 3.51. The van der Waals surface area contributed by atoms with Gasteiger partial charge in [0.1, 0.15) is 17.3 Å². The molecule has 2 N–H and O–H groups in total. The van der Waals surface area contributed by atoms with E-state index in [4.69, 9.17) is 9.47 Å². The Balaban J connectivity index is 1.47. The van der Waals surface area contributed by atoms with Crippen LogP contribution in [0.15, 0.2) is 70.8 Å². The number of ether oxygens (including phenoxy) is 2. The molecule has 0 saturated carbocycles. The van der Waals surface area contributed by atoms with Gasteiger partial charge in [-0.3, -0.25) is 14.5 Å². The second kappa shape index (κ2) is 11.2. The Labute approximate surface area is 219 Å². The monoisotopic (exact) mass is 571 g/mol. The van der Waals surface area contributed by atoms with Crippen LogP contribution in [0.5, 0.6) is 11.5 Å². The summed E-state index contributed by atoms with van der Waals surface area (Å²) in [6.07, 6.45) is 1.44. The third-order valence-corrected chi connectivity index (χ3v) is 5.88. The minimum Gasteiger partial charge on any atom is -0.493 e. The van der Waals surface area contributed by atoms with E-state index in [9.17, 15) is 23.2 Å². The van der Waals surface area contributed by atoms with Crippen molar-refractivity contribution in [3.8, 4) is 11.5 Å². The molecule has 190 valence electrons. The SMILES string of the molecule is COc1cc(/C=C2/NC(=O)N(Cc3ccccc3F)C2=O)cc(Br)c1OCC(=O)Nc1ccc(F)cc1. The number of carbonyl (C=O) groups is 3. The third-order valence-electron chi connectivity index (χ3n) is 5.29. The number of halogens is 3. The minimum absolute atomic E-state index is 0.00244. The molecule has 8 nitrogen and oxygen atoms in total. The van der Waals surface area contributed by atoms with Crippen LogP contribution in [-0.2, 0) is 16.1 Å². The van der Waals surface area contributed by atoms with Crippen molar-refractivity contribution >= 4 is 45.5 Å². The lowest BCUT2D eigenvalue weighted by Gasteiger charge is -2.14. The van der Waals surface area contributed by atoms with E-state index in [1.165, 1.54) is 55.7 Å². The predicted octanol–water partition coefficient (Wildman–Crippen LogP) is 4.85. The zero-order valence-electron chi connectivity index (χ0n) is 19.4. The molecule has 1 aliphatic heterocycles. The van der Waals surface area contributed by atoms with E-state index in [1.54, 1.807) is 18.2 Å². The first kappa shape index (κ1) is 25.8. The van der Waals surface area contributed by atoms with Gasteiger partial charge in [0.05, 0.1) is 18.1 Å². The summed E-state index contributed by atoms with van der Waals surface area (Å²) in [4.78, 5) is 38.3. The molecule has 4 rings (SSSR count). The number of hydrogen-bond donors (Lipinski definition) is 2. The standard InChI is InChI=1S/C26H20BrF2N3O5/c1-36-22-12-15(10-19(27)24(22)37-14-23(33)30-18-8-6-17(28)7-9-18)11-21-25(34)32(26(35)31-21)13-16-4-2-3-5-20(16)29/h2-12H,13-14H2,1H3,(H,30,33)(H,31,35)/b21-11+. The van der Waals surface area contributed by atoms with Gasteiger partial charge in [-0.05, 0) is 70.0 Å². The highest BCUT2D eigenvalue weighted by atomic mass is 79.9. The maximum Gasteiger partial charge on any atom is 0.329 e. The third kappa shape index (κ3) is 6.12. The Morgan fingerprint density at radius 2 is 1.84 bits per heavy atom. The van der Waals surface area contributed by atoms with Crippen LogP contribution < -0.4 is 20.1 Å². The molecule has 1 fully saturated rings. The molecule has 0 bridgehead atoms. The van der Waals surface area contributed by atoms with Crippen LogP contribution in [0.2, 0.25) is 0 Å². The van der Waals surface area contributed by atoms with Gasteiger partial charge in [0.25, 0.3) is 11.8 Å². The summed E-state index contributed by atoms with van der Waals surface area (Å²) < 4.78 is 38.4. The van der Waals surface area contributed by atoms with E-state index in [0.717, 1.165) is 4.90 Å². The summed E-state index contributed by atoms with van der Waals surface area (Å²) in [5.74, 6) is -1.52. The highest BCUT2D eigenvalue weighted by molar-refractivity contribution is 9.10. The Hall–Kier alpha value is -4.25. The molecule has 0 aliphatic carbocycles. The predicted molar refractivity (Wildman–Crippen MR) is 135 cm³/mol. The fourth-order valence-corrected chi connectivity index (χ4v) is 4.08. The van der Waals surface area contributed by atoms with E-state index < -0.39 is 29.5 Å². The number of urea groups is 1. The zero-order valence-corrected chi connectivity index (χ0v) is 21.0.